The molecule has 1 heterocycles. The van der Waals surface area contributed by atoms with Gasteiger partial charge in [-0.1, -0.05) is 12.8 Å². The van der Waals surface area contributed by atoms with Gasteiger partial charge in [0, 0.05) is 23.2 Å². The predicted molar refractivity (Wildman–Crippen MR) is 73.0 cm³/mol. The maximum absolute atomic E-state index is 13.3. The number of halogens is 2. The first kappa shape index (κ1) is 13.0. The minimum absolute atomic E-state index is 0.353. The normalized spacial score (nSPS) is 15.7. The third kappa shape index (κ3) is 2.48. The zero-order chi connectivity index (χ0) is 14.1. The van der Waals surface area contributed by atoms with E-state index in [0.717, 1.165) is 30.7 Å². The van der Waals surface area contributed by atoms with E-state index in [-0.39, 0.29) is 0 Å². The SMILES string of the molecule is Nc1cc(C2CCCC2)nc(-c2ccc(F)c(F)c2)n1. The lowest BCUT2D eigenvalue weighted by Gasteiger charge is -2.11. The van der Waals surface area contributed by atoms with Crippen LogP contribution in [0.15, 0.2) is 24.3 Å². The molecule has 3 nitrogen and oxygen atoms in total. The van der Waals surface area contributed by atoms with Gasteiger partial charge in [0.05, 0.1) is 0 Å². The Balaban J connectivity index is 2.02. The number of nitrogens with two attached hydrogens (primary N) is 1. The van der Waals surface area contributed by atoms with Gasteiger partial charge in [-0.05, 0) is 31.0 Å². The Labute approximate surface area is 115 Å². The molecule has 1 aliphatic carbocycles. The van der Waals surface area contributed by atoms with Crippen LogP contribution in [0.2, 0.25) is 0 Å². The van der Waals surface area contributed by atoms with Crippen molar-refractivity contribution in [2.24, 2.45) is 0 Å². The van der Waals surface area contributed by atoms with E-state index in [2.05, 4.69) is 9.97 Å². The van der Waals surface area contributed by atoms with E-state index >= 15 is 0 Å². The Morgan fingerprint density at radius 1 is 1.00 bits per heavy atom. The van der Waals surface area contributed by atoms with Crippen LogP contribution in [-0.2, 0) is 0 Å². The molecule has 0 aliphatic heterocycles. The molecule has 1 aromatic carbocycles. The molecule has 2 N–H and O–H groups in total. The lowest BCUT2D eigenvalue weighted by molar-refractivity contribution is 0.509. The van der Waals surface area contributed by atoms with Crippen LogP contribution in [0.1, 0.15) is 37.3 Å². The molecule has 5 heteroatoms. The number of aromatic nitrogens is 2. The fourth-order valence-electron chi connectivity index (χ4n) is 2.68. The topological polar surface area (TPSA) is 51.8 Å². The van der Waals surface area contributed by atoms with Gasteiger partial charge in [0.15, 0.2) is 17.5 Å². The van der Waals surface area contributed by atoms with Crippen LogP contribution in [0.5, 0.6) is 0 Å². The summed E-state index contributed by atoms with van der Waals surface area (Å²) in [5.74, 6) is -0.679. The molecule has 3 rings (SSSR count). The lowest BCUT2D eigenvalue weighted by Crippen LogP contribution is -2.03. The summed E-state index contributed by atoms with van der Waals surface area (Å²) < 4.78 is 26.3. The number of rotatable bonds is 2. The van der Waals surface area contributed by atoms with E-state index < -0.39 is 11.6 Å². The molecule has 20 heavy (non-hydrogen) atoms. The van der Waals surface area contributed by atoms with E-state index in [0.29, 0.717) is 23.1 Å². The highest BCUT2D eigenvalue weighted by atomic mass is 19.2. The predicted octanol–water partition coefficient (Wildman–Crippen LogP) is 3.66. The van der Waals surface area contributed by atoms with Gasteiger partial charge < -0.3 is 5.73 Å². The molecular weight excluding hydrogens is 260 g/mol. The van der Waals surface area contributed by atoms with Crippen LogP contribution >= 0.6 is 0 Å². The summed E-state index contributed by atoms with van der Waals surface area (Å²) in [4.78, 5) is 8.60. The smallest absolute Gasteiger partial charge is 0.161 e. The Morgan fingerprint density at radius 3 is 2.45 bits per heavy atom. The van der Waals surface area contributed by atoms with Crippen LogP contribution in [0.4, 0.5) is 14.6 Å². The van der Waals surface area contributed by atoms with Crippen molar-refractivity contribution in [3.63, 3.8) is 0 Å². The Hall–Kier alpha value is -2.04. The molecule has 104 valence electrons. The molecule has 0 saturated heterocycles. The number of benzene rings is 1. The standard InChI is InChI=1S/C15H15F2N3/c16-11-6-5-10(7-12(11)17)15-19-13(8-14(18)20-15)9-3-1-2-4-9/h5-9H,1-4H2,(H2,18,19,20). The van der Waals surface area contributed by atoms with Crippen LogP contribution in [0.3, 0.4) is 0 Å². The quantitative estimate of drug-likeness (QED) is 0.910. The molecule has 0 radical (unpaired) electrons. The Morgan fingerprint density at radius 2 is 1.75 bits per heavy atom. The fourth-order valence-corrected chi connectivity index (χ4v) is 2.68. The molecule has 1 saturated carbocycles. The van der Waals surface area contributed by atoms with Gasteiger partial charge in [0.2, 0.25) is 0 Å². The third-order valence-electron chi connectivity index (χ3n) is 3.72. The largest absolute Gasteiger partial charge is 0.384 e. The number of nitrogen functional groups attached to an aromatic ring is 1. The van der Waals surface area contributed by atoms with E-state index in [1.165, 1.54) is 18.9 Å². The second-order valence-electron chi connectivity index (χ2n) is 5.15. The summed E-state index contributed by atoms with van der Waals surface area (Å²) in [5.41, 5.74) is 7.15. The monoisotopic (exact) mass is 275 g/mol. The van der Waals surface area contributed by atoms with E-state index in [1.807, 2.05) is 0 Å². The van der Waals surface area contributed by atoms with E-state index in [4.69, 9.17) is 5.73 Å². The van der Waals surface area contributed by atoms with Crippen LogP contribution < -0.4 is 5.73 Å². The number of anilines is 1. The summed E-state index contributed by atoms with van der Waals surface area (Å²) in [5, 5.41) is 0. The summed E-state index contributed by atoms with van der Waals surface area (Å²) in [7, 11) is 0. The van der Waals surface area contributed by atoms with E-state index in [1.54, 1.807) is 6.07 Å². The van der Waals surface area contributed by atoms with Gasteiger partial charge in [-0.2, -0.15) is 0 Å². The average Bonchev–Trinajstić information content (AvgIpc) is 2.95. The molecule has 0 amide bonds. The molecular formula is C15H15F2N3. The van der Waals surface area contributed by atoms with Crippen molar-refractivity contribution in [3.8, 4) is 11.4 Å². The maximum atomic E-state index is 13.3. The summed E-state index contributed by atoms with van der Waals surface area (Å²) in [6.07, 6.45) is 4.56. The second-order valence-corrected chi connectivity index (χ2v) is 5.15. The van der Waals surface area contributed by atoms with Crippen molar-refractivity contribution >= 4 is 5.82 Å². The van der Waals surface area contributed by atoms with Gasteiger partial charge in [-0.15, -0.1) is 0 Å². The van der Waals surface area contributed by atoms with Crippen molar-refractivity contribution in [2.75, 3.05) is 5.73 Å². The Kier molecular flexibility index (Phi) is 3.34. The first-order valence-corrected chi connectivity index (χ1v) is 6.73. The van der Waals surface area contributed by atoms with Gasteiger partial charge >= 0.3 is 0 Å². The van der Waals surface area contributed by atoms with Gasteiger partial charge in [-0.3, -0.25) is 0 Å². The second kappa shape index (κ2) is 5.15. The van der Waals surface area contributed by atoms with E-state index in [9.17, 15) is 8.78 Å². The molecule has 0 bridgehead atoms. The summed E-state index contributed by atoms with van der Waals surface area (Å²) in [6, 6.07) is 5.42. The number of hydrogen-bond donors (Lipinski definition) is 1. The molecule has 0 atom stereocenters. The van der Waals surface area contributed by atoms with Gasteiger partial charge in [0.1, 0.15) is 5.82 Å². The van der Waals surface area contributed by atoms with Crippen molar-refractivity contribution in [3.05, 3.63) is 41.6 Å². The van der Waals surface area contributed by atoms with Gasteiger partial charge in [0.25, 0.3) is 0 Å². The highest BCUT2D eigenvalue weighted by molar-refractivity contribution is 5.57. The Bertz CT molecular complexity index is 637. The minimum atomic E-state index is -0.907. The molecule has 0 spiro atoms. The van der Waals surface area contributed by atoms with Crippen molar-refractivity contribution in [1.82, 2.24) is 9.97 Å². The highest BCUT2D eigenvalue weighted by Gasteiger charge is 2.20. The maximum Gasteiger partial charge on any atom is 0.161 e. The van der Waals surface area contributed by atoms with Crippen LogP contribution in [0.25, 0.3) is 11.4 Å². The van der Waals surface area contributed by atoms with Crippen molar-refractivity contribution < 1.29 is 8.78 Å². The average molecular weight is 275 g/mol. The zero-order valence-electron chi connectivity index (χ0n) is 10.9. The third-order valence-corrected chi connectivity index (χ3v) is 3.72. The lowest BCUT2D eigenvalue weighted by atomic mass is 10.0. The number of hydrogen-bond acceptors (Lipinski definition) is 3. The van der Waals surface area contributed by atoms with Crippen LogP contribution in [0, 0.1) is 11.6 Å². The van der Waals surface area contributed by atoms with Crippen molar-refractivity contribution in [2.45, 2.75) is 31.6 Å². The first-order valence-electron chi connectivity index (χ1n) is 6.73. The van der Waals surface area contributed by atoms with Crippen LogP contribution in [-0.4, -0.2) is 9.97 Å². The summed E-state index contributed by atoms with van der Waals surface area (Å²) in [6.45, 7) is 0. The highest BCUT2D eigenvalue weighted by Crippen LogP contribution is 2.34. The summed E-state index contributed by atoms with van der Waals surface area (Å²) >= 11 is 0. The fraction of sp³-hybridized carbons (Fsp3) is 0.333. The van der Waals surface area contributed by atoms with Gasteiger partial charge in [-0.25, -0.2) is 18.7 Å². The zero-order valence-corrected chi connectivity index (χ0v) is 10.9. The molecule has 1 aliphatic rings. The number of nitrogens with zero attached hydrogens (tertiary/aromatic N) is 2. The molecule has 2 aromatic rings. The first-order chi connectivity index (χ1) is 9.63. The molecule has 1 aromatic heterocycles. The molecule has 1 fully saturated rings. The molecule has 0 unspecified atom stereocenters. The minimum Gasteiger partial charge on any atom is -0.384 e. The van der Waals surface area contributed by atoms with Crippen molar-refractivity contribution in [1.29, 1.82) is 0 Å².